The molecule has 3 aromatic carbocycles. The van der Waals surface area contributed by atoms with Crippen LogP contribution in [0.15, 0.2) is 71.1 Å². The van der Waals surface area contributed by atoms with Crippen LogP contribution in [0, 0.1) is 10.1 Å². The first-order chi connectivity index (χ1) is 16.9. The van der Waals surface area contributed by atoms with Crippen LogP contribution < -0.4 is 15.4 Å². The van der Waals surface area contributed by atoms with Crippen LogP contribution in [0.5, 0.6) is 5.75 Å². The van der Waals surface area contributed by atoms with Crippen molar-refractivity contribution in [3.8, 4) is 5.75 Å². The Balaban J connectivity index is 1.29. The lowest BCUT2D eigenvalue weighted by molar-refractivity contribution is -0.384. The predicted octanol–water partition coefficient (Wildman–Crippen LogP) is 5.59. The molecule has 0 atom stereocenters. The van der Waals surface area contributed by atoms with Crippen molar-refractivity contribution in [2.75, 3.05) is 23.0 Å². The first-order valence-electron chi connectivity index (χ1n) is 10.5. The molecule has 4 aromatic rings. The fraction of sp³-hybridized carbons (Fsp3) is 0.125. The summed E-state index contributed by atoms with van der Waals surface area (Å²) in [4.78, 5) is 39.7. The molecule has 0 aliphatic carbocycles. The van der Waals surface area contributed by atoms with Crippen LogP contribution in [0.4, 0.5) is 17.1 Å². The van der Waals surface area contributed by atoms with E-state index in [1.165, 1.54) is 35.2 Å². The topological polar surface area (TPSA) is 123 Å². The molecular formula is C24H20N4O5S2. The van der Waals surface area contributed by atoms with E-state index in [0.717, 1.165) is 5.75 Å². The standard InChI is InChI=1S/C24H20N4O5S2/c1-2-33-19-10-7-17(8-11-19)26-23(30)15-3-5-16(6-4-15)25-22(29)14-34-24-27-20-12-9-18(28(31)32)13-21(20)35-24/h3-13H,2,14H2,1H3,(H,25,29)(H,26,30). The number of thiazole rings is 1. The molecule has 4 rings (SSSR count). The van der Waals surface area contributed by atoms with Crippen LogP contribution in [0.25, 0.3) is 10.2 Å². The number of ether oxygens (including phenoxy) is 1. The maximum atomic E-state index is 12.5. The highest BCUT2D eigenvalue weighted by atomic mass is 32.2. The van der Waals surface area contributed by atoms with Crippen LogP contribution in [0.3, 0.4) is 0 Å². The fourth-order valence-corrected chi connectivity index (χ4v) is 5.00. The number of carbonyl (C=O) groups is 2. The number of nitro groups is 1. The molecule has 0 unspecified atom stereocenters. The van der Waals surface area contributed by atoms with Crippen molar-refractivity contribution in [2.45, 2.75) is 11.3 Å². The molecule has 0 bridgehead atoms. The molecule has 0 aliphatic rings. The first-order valence-corrected chi connectivity index (χ1v) is 12.3. The minimum absolute atomic E-state index is 0.00653. The minimum atomic E-state index is -0.450. The van der Waals surface area contributed by atoms with E-state index in [2.05, 4.69) is 15.6 Å². The number of hydrogen-bond acceptors (Lipinski definition) is 8. The van der Waals surface area contributed by atoms with Crippen molar-refractivity contribution in [1.29, 1.82) is 0 Å². The average Bonchev–Trinajstić information content (AvgIpc) is 3.27. The summed E-state index contributed by atoms with van der Waals surface area (Å²) in [6, 6.07) is 18.2. The fourth-order valence-electron chi connectivity index (χ4n) is 3.10. The normalized spacial score (nSPS) is 10.7. The molecule has 35 heavy (non-hydrogen) atoms. The van der Waals surface area contributed by atoms with Gasteiger partial charge in [0.1, 0.15) is 5.75 Å². The summed E-state index contributed by atoms with van der Waals surface area (Å²) < 4.78 is 6.74. The highest BCUT2D eigenvalue weighted by Gasteiger charge is 2.12. The summed E-state index contributed by atoms with van der Waals surface area (Å²) in [6.07, 6.45) is 0. The second-order valence-corrected chi connectivity index (χ2v) is 9.47. The minimum Gasteiger partial charge on any atom is -0.494 e. The molecule has 0 fully saturated rings. The summed E-state index contributed by atoms with van der Waals surface area (Å²) in [6.45, 7) is 2.47. The Morgan fingerprint density at radius 3 is 2.40 bits per heavy atom. The van der Waals surface area contributed by atoms with Gasteiger partial charge in [0.2, 0.25) is 5.91 Å². The Hall–Kier alpha value is -3.96. The van der Waals surface area contributed by atoms with Crippen LogP contribution in [0.2, 0.25) is 0 Å². The van der Waals surface area contributed by atoms with Gasteiger partial charge in [-0.25, -0.2) is 4.98 Å². The van der Waals surface area contributed by atoms with Crippen molar-refractivity contribution in [3.63, 3.8) is 0 Å². The Morgan fingerprint density at radius 2 is 1.71 bits per heavy atom. The molecule has 2 amide bonds. The molecule has 11 heteroatoms. The van der Waals surface area contributed by atoms with Gasteiger partial charge < -0.3 is 15.4 Å². The van der Waals surface area contributed by atoms with Gasteiger partial charge in [-0.3, -0.25) is 19.7 Å². The predicted molar refractivity (Wildman–Crippen MR) is 138 cm³/mol. The van der Waals surface area contributed by atoms with E-state index in [4.69, 9.17) is 4.74 Å². The van der Waals surface area contributed by atoms with Crippen molar-refractivity contribution in [3.05, 3.63) is 82.4 Å². The van der Waals surface area contributed by atoms with Crippen molar-refractivity contribution >= 4 is 62.2 Å². The summed E-state index contributed by atoms with van der Waals surface area (Å²) in [5.74, 6) is 0.364. The van der Waals surface area contributed by atoms with E-state index in [1.54, 1.807) is 54.6 Å². The highest BCUT2D eigenvalue weighted by Crippen LogP contribution is 2.31. The lowest BCUT2D eigenvalue weighted by atomic mass is 10.2. The van der Waals surface area contributed by atoms with Crippen LogP contribution in [-0.4, -0.2) is 34.1 Å². The molecule has 0 saturated carbocycles. The van der Waals surface area contributed by atoms with E-state index >= 15 is 0 Å². The van der Waals surface area contributed by atoms with Gasteiger partial charge in [-0.05, 0) is 61.5 Å². The zero-order valence-electron chi connectivity index (χ0n) is 18.5. The maximum Gasteiger partial charge on any atom is 0.270 e. The second-order valence-electron chi connectivity index (χ2n) is 7.21. The summed E-state index contributed by atoms with van der Waals surface area (Å²) in [5.41, 5.74) is 2.33. The Kier molecular flexibility index (Phi) is 7.58. The Morgan fingerprint density at radius 1 is 1.03 bits per heavy atom. The Bertz CT molecular complexity index is 1370. The lowest BCUT2D eigenvalue weighted by Gasteiger charge is -2.08. The van der Waals surface area contributed by atoms with Crippen LogP contribution in [0.1, 0.15) is 17.3 Å². The zero-order chi connectivity index (χ0) is 24.8. The van der Waals surface area contributed by atoms with Crippen LogP contribution in [-0.2, 0) is 4.79 Å². The third kappa shape index (κ3) is 6.34. The molecule has 9 nitrogen and oxygen atoms in total. The number of nitro benzene ring substituents is 1. The van der Waals surface area contributed by atoms with Gasteiger partial charge in [0.15, 0.2) is 4.34 Å². The number of non-ortho nitro benzene ring substituents is 1. The molecule has 0 radical (unpaired) electrons. The van der Waals surface area contributed by atoms with Crippen LogP contribution >= 0.6 is 23.1 Å². The number of amides is 2. The molecular weight excluding hydrogens is 488 g/mol. The summed E-state index contributed by atoms with van der Waals surface area (Å²) in [7, 11) is 0. The van der Waals surface area contributed by atoms with E-state index in [0.29, 0.717) is 38.1 Å². The van der Waals surface area contributed by atoms with Gasteiger partial charge in [0, 0.05) is 29.1 Å². The molecule has 178 valence electrons. The van der Waals surface area contributed by atoms with E-state index in [1.807, 2.05) is 6.92 Å². The number of thioether (sulfide) groups is 1. The van der Waals surface area contributed by atoms with E-state index in [9.17, 15) is 19.7 Å². The number of fused-ring (bicyclic) bond motifs is 1. The average molecular weight is 509 g/mol. The van der Waals surface area contributed by atoms with Gasteiger partial charge in [0.25, 0.3) is 11.6 Å². The smallest absolute Gasteiger partial charge is 0.270 e. The van der Waals surface area contributed by atoms with Crippen molar-refractivity contribution < 1.29 is 19.2 Å². The zero-order valence-corrected chi connectivity index (χ0v) is 20.2. The van der Waals surface area contributed by atoms with E-state index in [-0.39, 0.29) is 23.3 Å². The number of carbonyl (C=O) groups excluding carboxylic acids is 2. The second kappa shape index (κ2) is 11.0. The molecule has 0 aliphatic heterocycles. The molecule has 2 N–H and O–H groups in total. The lowest BCUT2D eigenvalue weighted by Crippen LogP contribution is -2.15. The quantitative estimate of drug-likeness (QED) is 0.172. The van der Waals surface area contributed by atoms with Gasteiger partial charge in [0.05, 0.1) is 27.5 Å². The monoisotopic (exact) mass is 508 g/mol. The number of hydrogen-bond donors (Lipinski definition) is 2. The third-order valence-electron chi connectivity index (χ3n) is 4.74. The molecule has 1 aromatic heterocycles. The van der Waals surface area contributed by atoms with Gasteiger partial charge in [-0.1, -0.05) is 11.8 Å². The number of aromatic nitrogens is 1. The molecule has 0 saturated heterocycles. The molecule has 1 heterocycles. The number of nitrogens with zero attached hydrogens (tertiary/aromatic N) is 2. The van der Waals surface area contributed by atoms with Crippen molar-refractivity contribution in [1.82, 2.24) is 4.98 Å². The Labute approximate surface area is 208 Å². The van der Waals surface area contributed by atoms with Crippen molar-refractivity contribution in [2.24, 2.45) is 0 Å². The summed E-state index contributed by atoms with van der Waals surface area (Å²) in [5, 5.41) is 16.5. The first kappa shape index (κ1) is 24.2. The number of rotatable bonds is 9. The third-order valence-corrected chi connectivity index (χ3v) is 6.91. The SMILES string of the molecule is CCOc1ccc(NC(=O)c2ccc(NC(=O)CSc3nc4ccc([N+](=O)[O-])cc4s3)cc2)cc1. The number of benzene rings is 3. The summed E-state index contributed by atoms with van der Waals surface area (Å²) >= 11 is 2.56. The largest absolute Gasteiger partial charge is 0.494 e. The van der Waals surface area contributed by atoms with E-state index < -0.39 is 4.92 Å². The number of anilines is 2. The van der Waals surface area contributed by atoms with Gasteiger partial charge >= 0.3 is 0 Å². The van der Waals surface area contributed by atoms with Gasteiger partial charge in [-0.15, -0.1) is 11.3 Å². The highest BCUT2D eigenvalue weighted by molar-refractivity contribution is 8.01. The number of nitrogens with one attached hydrogen (secondary N) is 2. The molecule has 0 spiro atoms. The maximum absolute atomic E-state index is 12.5. The van der Waals surface area contributed by atoms with Gasteiger partial charge in [-0.2, -0.15) is 0 Å².